The molecule has 0 aliphatic heterocycles. The van der Waals surface area contributed by atoms with E-state index in [0.717, 1.165) is 15.6 Å². The quantitative estimate of drug-likeness (QED) is 0.275. The number of halogens is 3. The highest BCUT2D eigenvalue weighted by Gasteiger charge is 2.08. The fourth-order valence-electron chi connectivity index (χ4n) is 2.44. The van der Waals surface area contributed by atoms with Crippen LogP contribution in [0.3, 0.4) is 0 Å². The molecule has 0 fully saturated rings. The molecule has 2 aromatic carbocycles. The van der Waals surface area contributed by atoms with Crippen LogP contribution in [0, 0.1) is 5.82 Å². The number of rotatable bonds is 7. The van der Waals surface area contributed by atoms with Crippen LogP contribution in [0.4, 0.5) is 4.39 Å². The van der Waals surface area contributed by atoms with Gasteiger partial charge in [0, 0.05) is 21.5 Å². The Labute approximate surface area is 179 Å². The Morgan fingerprint density at radius 1 is 1.25 bits per heavy atom. The molecule has 0 aliphatic rings. The van der Waals surface area contributed by atoms with Gasteiger partial charge in [-0.1, -0.05) is 23.7 Å². The standard InChI is InChI=1S/C21H15BrClFO3S/c1-26-20-7-3-13(2-6-19(25)21-9-15(22)12-28-21)8-14(20)11-27-16-4-5-18(24)17(23)10-16/h2-10,12H,11H2,1H3/b6-2+. The summed E-state index contributed by atoms with van der Waals surface area (Å²) in [6.07, 6.45) is 3.28. The number of thiophene rings is 1. The third-order valence-corrected chi connectivity index (χ3v) is 5.82. The van der Waals surface area contributed by atoms with E-state index in [-0.39, 0.29) is 17.4 Å². The molecular formula is C21H15BrClFO3S. The molecule has 0 bridgehead atoms. The lowest BCUT2D eigenvalue weighted by Crippen LogP contribution is -1.99. The van der Waals surface area contributed by atoms with E-state index in [0.29, 0.717) is 16.4 Å². The van der Waals surface area contributed by atoms with Gasteiger partial charge in [-0.25, -0.2) is 4.39 Å². The number of carbonyl (C=O) groups is 1. The Morgan fingerprint density at radius 2 is 2.07 bits per heavy atom. The van der Waals surface area contributed by atoms with E-state index in [1.165, 1.54) is 35.6 Å². The van der Waals surface area contributed by atoms with Gasteiger partial charge in [-0.3, -0.25) is 4.79 Å². The maximum atomic E-state index is 13.3. The molecule has 1 aromatic heterocycles. The molecule has 144 valence electrons. The highest BCUT2D eigenvalue weighted by molar-refractivity contribution is 9.10. The Kier molecular flexibility index (Phi) is 6.88. The number of hydrogen-bond acceptors (Lipinski definition) is 4. The third kappa shape index (κ3) is 5.22. The van der Waals surface area contributed by atoms with E-state index in [9.17, 15) is 9.18 Å². The summed E-state index contributed by atoms with van der Waals surface area (Å²) in [6, 6.07) is 11.5. The molecule has 0 spiro atoms. The Hall–Kier alpha value is -2.15. The minimum absolute atomic E-state index is 0.000116. The van der Waals surface area contributed by atoms with Gasteiger partial charge >= 0.3 is 0 Å². The first-order chi connectivity index (χ1) is 13.5. The van der Waals surface area contributed by atoms with Crippen molar-refractivity contribution in [2.75, 3.05) is 7.11 Å². The number of methoxy groups -OCH3 is 1. The molecule has 0 unspecified atom stereocenters. The lowest BCUT2D eigenvalue weighted by molar-refractivity contribution is 0.105. The number of carbonyl (C=O) groups excluding carboxylic acids is 1. The van der Waals surface area contributed by atoms with Crippen LogP contribution in [-0.4, -0.2) is 12.9 Å². The van der Waals surface area contributed by atoms with E-state index >= 15 is 0 Å². The lowest BCUT2D eigenvalue weighted by Gasteiger charge is -2.11. The molecule has 28 heavy (non-hydrogen) atoms. The smallest absolute Gasteiger partial charge is 0.195 e. The van der Waals surface area contributed by atoms with E-state index in [1.54, 1.807) is 19.3 Å². The van der Waals surface area contributed by atoms with Crippen molar-refractivity contribution in [3.8, 4) is 11.5 Å². The largest absolute Gasteiger partial charge is 0.496 e. The molecule has 0 saturated heterocycles. The Bertz CT molecular complexity index is 1030. The molecule has 0 N–H and O–H groups in total. The van der Waals surface area contributed by atoms with Crippen molar-refractivity contribution in [3.63, 3.8) is 0 Å². The average molecular weight is 482 g/mol. The van der Waals surface area contributed by atoms with Crippen LogP contribution in [0.15, 0.2) is 58.4 Å². The first kappa shape index (κ1) is 20.6. The van der Waals surface area contributed by atoms with Crippen molar-refractivity contribution in [1.29, 1.82) is 0 Å². The van der Waals surface area contributed by atoms with Crippen LogP contribution >= 0.6 is 38.9 Å². The molecule has 3 rings (SSSR count). The SMILES string of the molecule is COc1ccc(/C=C/C(=O)c2cc(Br)cs2)cc1COc1ccc(F)c(Cl)c1. The average Bonchev–Trinajstić information content (AvgIpc) is 3.13. The lowest BCUT2D eigenvalue weighted by atomic mass is 10.1. The van der Waals surface area contributed by atoms with Crippen LogP contribution < -0.4 is 9.47 Å². The number of ketones is 1. The first-order valence-electron chi connectivity index (χ1n) is 8.17. The summed E-state index contributed by atoms with van der Waals surface area (Å²) < 4.78 is 25.2. The zero-order chi connectivity index (χ0) is 20.1. The minimum Gasteiger partial charge on any atom is -0.496 e. The van der Waals surface area contributed by atoms with Crippen LogP contribution in [-0.2, 0) is 6.61 Å². The third-order valence-electron chi connectivity index (χ3n) is 3.83. The number of benzene rings is 2. The molecule has 1 heterocycles. The first-order valence-corrected chi connectivity index (χ1v) is 10.2. The molecule has 0 aliphatic carbocycles. The molecule has 0 amide bonds. The molecular weight excluding hydrogens is 467 g/mol. The normalized spacial score (nSPS) is 11.0. The van der Waals surface area contributed by atoms with Gasteiger partial charge in [0.2, 0.25) is 0 Å². The van der Waals surface area contributed by atoms with Crippen LogP contribution in [0.25, 0.3) is 6.08 Å². The molecule has 0 saturated carbocycles. The van der Waals surface area contributed by atoms with Gasteiger partial charge in [-0.15, -0.1) is 11.3 Å². The predicted molar refractivity (Wildman–Crippen MR) is 114 cm³/mol. The second-order valence-corrected chi connectivity index (χ2v) is 8.00. The van der Waals surface area contributed by atoms with Crippen molar-refractivity contribution < 1.29 is 18.7 Å². The monoisotopic (exact) mass is 480 g/mol. The zero-order valence-corrected chi connectivity index (χ0v) is 17.9. The van der Waals surface area contributed by atoms with Crippen molar-refractivity contribution in [3.05, 3.63) is 85.2 Å². The zero-order valence-electron chi connectivity index (χ0n) is 14.7. The van der Waals surface area contributed by atoms with Crippen LogP contribution in [0.2, 0.25) is 5.02 Å². The van der Waals surface area contributed by atoms with Crippen molar-refractivity contribution >= 4 is 50.7 Å². The van der Waals surface area contributed by atoms with E-state index in [4.69, 9.17) is 21.1 Å². The molecule has 7 heteroatoms. The maximum Gasteiger partial charge on any atom is 0.195 e. The number of hydrogen-bond donors (Lipinski definition) is 0. The van der Waals surface area contributed by atoms with Crippen molar-refractivity contribution in [2.24, 2.45) is 0 Å². The topological polar surface area (TPSA) is 35.5 Å². The summed E-state index contributed by atoms with van der Waals surface area (Å²) in [7, 11) is 1.57. The van der Waals surface area contributed by atoms with Gasteiger partial charge in [0.1, 0.15) is 23.9 Å². The summed E-state index contributed by atoms with van der Waals surface area (Å²) in [4.78, 5) is 12.9. The molecule has 3 nitrogen and oxygen atoms in total. The van der Waals surface area contributed by atoms with Gasteiger partial charge in [0.25, 0.3) is 0 Å². The Morgan fingerprint density at radius 3 is 2.75 bits per heavy atom. The van der Waals surface area contributed by atoms with Gasteiger partial charge in [0.05, 0.1) is 17.0 Å². The fraction of sp³-hybridized carbons (Fsp3) is 0.0952. The highest BCUT2D eigenvalue weighted by Crippen LogP contribution is 2.26. The van der Waals surface area contributed by atoms with Crippen LogP contribution in [0.5, 0.6) is 11.5 Å². The molecule has 0 radical (unpaired) electrons. The molecule has 3 aromatic rings. The van der Waals surface area contributed by atoms with E-state index in [1.807, 2.05) is 23.6 Å². The highest BCUT2D eigenvalue weighted by atomic mass is 79.9. The molecule has 0 atom stereocenters. The summed E-state index contributed by atoms with van der Waals surface area (Å²) in [5.41, 5.74) is 1.62. The Balaban J connectivity index is 1.74. The second kappa shape index (κ2) is 9.37. The van der Waals surface area contributed by atoms with E-state index in [2.05, 4.69) is 15.9 Å². The van der Waals surface area contributed by atoms with Gasteiger partial charge in [-0.05, 0) is 57.9 Å². The second-order valence-electron chi connectivity index (χ2n) is 5.76. The summed E-state index contributed by atoms with van der Waals surface area (Å²) in [6.45, 7) is 0.207. The van der Waals surface area contributed by atoms with E-state index < -0.39 is 5.82 Å². The predicted octanol–water partition coefficient (Wildman–Crippen LogP) is 6.79. The maximum absolute atomic E-state index is 13.3. The van der Waals surface area contributed by atoms with Gasteiger partial charge < -0.3 is 9.47 Å². The van der Waals surface area contributed by atoms with Crippen molar-refractivity contribution in [2.45, 2.75) is 6.61 Å². The van der Waals surface area contributed by atoms with Gasteiger partial charge in [0.15, 0.2) is 5.78 Å². The van der Waals surface area contributed by atoms with Gasteiger partial charge in [-0.2, -0.15) is 0 Å². The minimum atomic E-state index is -0.499. The fourth-order valence-corrected chi connectivity index (χ4v) is 3.96. The van der Waals surface area contributed by atoms with Crippen molar-refractivity contribution in [1.82, 2.24) is 0 Å². The number of allylic oxidation sites excluding steroid dienone is 1. The summed E-state index contributed by atoms with van der Waals surface area (Å²) in [5.74, 6) is 0.540. The van der Waals surface area contributed by atoms with Crippen LogP contribution in [0.1, 0.15) is 20.8 Å². The number of ether oxygens (including phenoxy) is 2. The summed E-state index contributed by atoms with van der Waals surface area (Å²) >= 11 is 10.5. The summed E-state index contributed by atoms with van der Waals surface area (Å²) in [5, 5.41) is 1.87.